The van der Waals surface area contributed by atoms with Gasteiger partial charge in [-0.2, -0.15) is 5.48 Å². The molecule has 5 heteroatoms. The van der Waals surface area contributed by atoms with E-state index in [1.54, 1.807) is 20.8 Å². The zero-order valence-corrected chi connectivity index (χ0v) is 11.6. The minimum atomic E-state index is -0.614. The monoisotopic (exact) mass is 259 g/mol. The SMILES string of the molecule is CC(C)(C)OC(=O)NOC(CO)C1CCCCC1. The molecule has 1 amide bonds. The second-order valence-electron chi connectivity index (χ2n) is 5.84. The van der Waals surface area contributed by atoms with Crippen LogP contribution in [0.2, 0.25) is 0 Å². The van der Waals surface area contributed by atoms with Crippen molar-refractivity contribution in [2.24, 2.45) is 5.92 Å². The molecule has 0 aliphatic heterocycles. The number of carbonyl (C=O) groups is 1. The van der Waals surface area contributed by atoms with Crippen molar-refractivity contribution in [2.75, 3.05) is 6.61 Å². The van der Waals surface area contributed by atoms with Crippen LogP contribution < -0.4 is 5.48 Å². The van der Waals surface area contributed by atoms with Crippen molar-refractivity contribution in [3.63, 3.8) is 0 Å². The van der Waals surface area contributed by atoms with Crippen LogP contribution in [-0.2, 0) is 9.57 Å². The number of hydrogen-bond acceptors (Lipinski definition) is 4. The molecule has 5 nitrogen and oxygen atoms in total. The summed E-state index contributed by atoms with van der Waals surface area (Å²) in [4.78, 5) is 16.7. The summed E-state index contributed by atoms with van der Waals surface area (Å²) in [6.07, 6.45) is 4.71. The van der Waals surface area contributed by atoms with E-state index in [4.69, 9.17) is 9.57 Å². The molecule has 1 saturated carbocycles. The lowest BCUT2D eigenvalue weighted by molar-refractivity contribution is -0.0874. The summed E-state index contributed by atoms with van der Waals surface area (Å²) in [6, 6.07) is 0. The first kappa shape index (κ1) is 15.2. The van der Waals surface area contributed by atoms with Crippen molar-refractivity contribution in [1.29, 1.82) is 0 Å². The largest absolute Gasteiger partial charge is 0.442 e. The highest BCUT2D eigenvalue weighted by molar-refractivity contribution is 5.66. The number of nitrogens with one attached hydrogen (secondary N) is 1. The quantitative estimate of drug-likeness (QED) is 0.761. The Morgan fingerprint density at radius 3 is 2.44 bits per heavy atom. The predicted octanol–water partition coefficient (Wildman–Crippen LogP) is 2.38. The maximum Gasteiger partial charge on any atom is 0.431 e. The van der Waals surface area contributed by atoms with Crippen LogP contribution in [0.3, 0.4) is 0 Å². The fourth-order valence-corrected chi connectivity index (χ4v) is 2.21. The molecule has 1 aliphatic carbocycles. The minimum Gasteiger partial charge on any atom is -0.442 e. The van der Waals surface area contributed by atoms with Crippen LogP contribution in [0.25, 0.3) is 0 Å². The van der Waals surface area contributed by atoms with Crippen molar-refractivity contribution in [2.45, 2.75) is 64.6 Å². The van der Waals surface area contributed by atoms with Gasteiger partial charge in [0.25, 0.3) is 0 Å². The van der Waals surface area contributed by atoms with E-state index in [9.17, 15) is 9.90 Å². The van der Waals surface area contributed by atoms with Gasteiger partial charge >= 0.3 is 6.09 Å². The van der Waals surface area contributed by atoms with Crippen LogP contribution in [0.1, 0.15) is 52.9 Å². The van der Waals surface area contributed by atoms with E-state index in [2.05, 4.69) is 5.48 Å². The lowest BCUT2D eigenvalue weighted by Gasteiger charge is -2.28. The highest BCUT2D eigenvalue weighted by Crippen LogP contribution is 2.27. The van der Waals surface area contributed by atoms with Crippen LogP contribution in [-0.4, -0.2) is 29.5 Å². The average molecular weight is 259 g/mol. The molecule has 0 saturated heterocycles. The third-order valence-electron chi connectivity index (χ3n) is 3.05. The van der Waals surface area contributed by atoms with Crippen LogP contribution in [0.5, 0.6) is 0 Å². The van der Waals surface area contributed by atoms with Gasteiger partial charge < -0.3 is 9.84 Å². The lowest BCUT2D eigenvalue weighted by atomic mass is 9.85. The zero-order chi connectivity index (χ0) is 13.6. The Bertz CT molecular complexity index is 256. The maximum absolute atomic E-state index is 11.4. The molecule has 1 fully saturated rings. The van der Waals surface area contributed by atoms with Gasteiger partial charge in [0.2, 0.25) is 0 Å². The first-order valence-electron chi connectivity index (χ1n) is 6.68. The Morgan fingerprint density at radius 1 is 1.33 bits per heavy atom. The molecule has 0 heterocycles. The van der Waals surface area contributed by atoms with E-state index < -0.39 is 11.7 Å². The smallest absolute Gasteiger partial charge is 0.431 e. The van der Waals surface area contributed by atoms with E-state index in [-0.39, 0.29) is 12.7 Å². The Balaban J connectivity index is 2.32. The summed E-state index contributed by atoms with van der Waals surface area (Å²) in [5.41, 5.74) is 1.72. The number of aliphatic hydroxyl groups is 1. The van der Waals surface area contributed by atoms with Gasteiger partial charge in [0, 0.05) is 0 Å². The number of aliphatic hydroxyl groups excluding tert-OH is 1. The van der Waals surface area contributed by atoms with Crippen molar-refractivity contribution in [3.05, 3.63) is 0 Å². The van der Waals surface area contributed by atoms with Gasteiger partial charge in [0.1, 0.15) is 11.7 Å². The minimum absolute atomic E-state index is 0.0829. The molecule has 1 aliphatic rings. The van der Waals surface area contributed by atoms with E-state index in [0.29, 0.717) is 5.92 Å². The van der Waals surface area contributed by atoms with Crippen molar-refractivity contribution < 1.29 is 19.5 Å². The summed E-state index contributed by atoms with van der Waals surface area (Å²) in [7, 11) is 0. The van der Waals surface area contributed by atoms with Gasteiger partial charge in [-0.3, -0.25) is 4.84 Å². The molecule has 18 heavy (non-hydrogen) atoms. The predicted molar refractivity (Wildman–Crippen MR) is 67.9 cm³/mol. The molecule has 0 aromatic heterocycles. The van der Waals surface area contributed by atoms with Crippen LogP contribution in [0.4, 0.5) is 4.79 Å². The highest BCUT2D eigenvalue weighted by atomic mass is 16.7. The Hall–Kier alpha value is -0.810. The molecule has 0 radical (unpaired) electrons. The molecule has 1 rings (SSSR count). The molecular weight excluding hydrogens is 234 g/mol. The zero-order valence-electron chi connectivity index (χ0n) is 11.6. The molecule has 2 N–H and O–H groups in total. The second-order valence-corrected chi connectivity index (χ2v) is 5.84. The number of amides is 1. The van der Waals surface area contributed by atoms with Crippen LogP contribution in [0, 0.1) is 5.92 Å². The molecule has 106 valence electrons. The summed E-state index contributed by atoms with van der Waals surface area (Å²) < 4.78 is 5.06. The lowest BCUT2D eigenvalue weighted by Crippen LogP contribution is -2.39. The Kier molecular flexibility index (Phi) is 5.88. The number of hydroxylamine groups is 1. The fraction of sp³-hybridized carbons (Fsp3) is 0.923. The summed E-state index contributed by atoms with van der Waals surface area (Å²) in [6.45, 7) is 5.28. The van der Waals surface area contributed by atoms with E-state index in [0.717, 1.165) is 25.7 Å². The van der Waals surface area contributed by atoms with E-state index >= 15 is 0 Å². The van der Waals surface area contributed by atoms with Gasteiger partial charge in [0.05, 0.1) is 6.61 Å². The van der Waals surface area contributed by atoms with Gasteiger partial charge in [0.15, 0.2) is 0 Å². The van der Waals surface area contributed by atoms with Crippen LogP contribution >= 0.6 is 0 Å². The van der Waals surface area contributed by atoms with Crippen molar-refractivity contribution in [1.82, 2.24) is 5.48 Å². The first-order chi connectivity index (χ1) is 8.42. The molecule has 1 unspecified atom stereocenters. The van der Waals surface area contributed by atoms with E-state index in [1.807, 2.05) is 0 Å². The summed E-state index contributed by atoms with van der Waals surface area (Å²) in [5.74, 6) is 0.318. The molecule has 1 atom stereocenters. The van der Waals surface area contributed by atoms with Gasteiger partial charge in [-0.05, 0) is 39.5 Å². The standard InChI is InChI=1S/C13H25NO4/c1-13(2,3)17-12(16)14-18-11(9-15)10-7-5-4-6-8-10/h10-11,15H,4-9H2,1-3H3,(H,14,16). The first-order valence-corrected chi connectivity index (χ1v) is 6.68. The maximum atomic E-state index is 11.4. The fourth-order valence-electron chi connectivity index (χ4n) is 2.21. The number of ether oxygens (including phenoxy) is 1. The van der Waals surface area contributed by atoms with Crippen LogP contribution in [0.15, 0.2) is 0 Å². The van der Waals surface area contributed by atoms with Crippen molar-refractivity contribution in [3.8, 4) is 0 Å². The summed E-state index contributed by atoms with van der Waals surface area (Å²) in [5, 5.41) is 9.31. The molecule has 0 bridgehead atoms. The number of hydrogen-bond donors (Lipinski definition) is 2. The Morgan fingerprint density at radius 2 is 1.94 bits per heavy atom. The molecule has 0 spiro atoms. The third kappa shape index (κ3) is 5.69. The topological polar surface area (TPSA) is 67.8 Å². The summed E-state index contributed by atoms with van der Waals surface area (Å²) >= 11 is 0. The normalized spacial score (nSPS) is 19.3. The Labute approximate surface area is 109 Å². The van der Waals surface area contributed by atoms with Crippen molar-refractivity contribution >= 4 is 6.09 Å². The number of carbonyl (C=O) groups excluding carboxylic acids is 1. The second kappa shape index (κ2) is 6.95. The molecule has 0 aromatic carbocycles. The molecular formula is C13H25NO4. The van der Waals surface area contributed by atoms with Gasteiger partial charge in [-0.1, -0.05) is 19.3 Å². The van der Waals surface area contributed by atoms with E-state index in [1.165, 1.54) is 6.42 Å². The highest BCUT2D eigenvalue weighted by Gasteiger charge is 2.25. The molecule has 0 aromatic rings. The third-order valence-corrected chi connectivity index (χ3v) is 3.05. The van der Waals surface area contributed by atoms with Gasteiger partial charge in [-0.15, -0.1) is 0 Å². The average Bonchev–Trinajstić information content (AvgIpc) is 2.29. The number of rotatable bonds is 4. The van der Waals surface area contributed by atoms with Gasteiger partial charge in [-0.25, -0.2) is 4.79 Å².